The van der Waals surface area contributed by atoms with Gasteiger partial charge in [0.25, 0.3) is 0 Å². The van der Waals surface area contributed by atoms with Gasteiger partial charge in [-0.25, -0.2) is 4.79 Å². The molecule has 6 nitrogen and oxygen atoms in total. The van der Waals surface area contributed by atoms with E-state index < -0.39 is 21.6 Å². The number of anilines is 1. The Kier molecular flexibility index (Phi) is 5.81. The molecule has 1 fully saturated rings. The third kappa shape index (κ3) is 5.92. The fourth-order valence-corrected chi connectivity index (χ4v) is 3.26. The first-order valence-electron chi connectivity index (χ1n) is 8.23. The van der Waals surface area contributed by atoms with Gasteiger partial charge in [-0.1, -0.05) is 5.92 Å². The van der Waals surface area contributed by atoms with E-state index in [1.165, 1.54) is 6.07 Å². The minimum Gasteiger partial charge on any atom is -0.444 e. The average Bonchev–Trinajstić information content (AvgIpc) is 2.51. The van der Waals surface area contributed by atoms with Crippen LogP contribution in [0.25, 0.3) is 0 Å². The SMILES string of the molecule is C#Cc1cc(CS(=O)(=O)F)cc(N2CCN(C(=O)OC(C)(C)C)CC2)c1. The van der Waals surface area contributed by atoms with E-state index in [2.05, 4.69) is 5.92 Å². The zero-order valence-electron chi connectivity index (χ0n) is 15.2. The number of terminal acetylenes is 1. The van der Waals surface area contributed by atoms with Crippen molar-refractivity contribution in [3.05, 3.63) is 29.3 Å². The number of benzene rings is 1. The normalized spacial score (nSPS) is 15.5. The van der Waals surface area contributed by atoms with Crippen LogP contribution in [0.15, 0.2) is 18.2 Å². The summed E-state index contributed by atoms with van der Waals surface area (Å²) >= 11 is 0. The summed E-state index contributed by atoms with van der Waals surface area (Å²) < 4.78 is 40.2. The second-order valence-corrected chi connectivity index (χ2v) is 8.54. The van der Waals surface area contributed by atoms with E-state index in [-0.39, 0.29) is 6.09 Å². The van der Waals surface area contributed by atoms with Crippen molar-refractivity contribution in [3.63, 3.8) is 0 Å². The molecule has 0 atom stereocenters. The molecule has 1 saturated heterocycles. The maximum absolute atomic E-state index is 13.0. The first-order valence-corrected chi connectivity index (χ1v) is 9.78. The number of nitrogens with zero attached hydrogens (tertiary/aromatic N) is 2. The summed E-state index contributed by atoms with van der Waals surface area (Å²) in [5.74, 6) is 1.74. The van der Waals surface area contributed by atoms with Crippen molar-refractivity contribution in [1.29, 1.82) is 0 Å². The molecule has 2 rings (SSSR count). The molecule has 0 spiro atoms. The molecule has 0 aliphatic carbocycles. The van der Waals surface area contributed by atoms with E-state index in [0.717, 1.165) is 0 Å². The van der Waals surface area contributed by atoms with Crippen LogP contribution >= 0.6 is 0 Å². The van der Waals surface area contributed by atoms with Crippen molar-refractivity contribution in [3.8, 4) is 12.3 Å². The number of carbonyl (C=O) groups excluding carboxylic acids is 1. The van der Waals surface area contributed by atoms with Crippen molar-refractivity contribution >= 4 is 22.0 Å². The zero-order valence-corrected chi connectivity index (χ0v) is 16.0. The van der Waals surface area contributed by atoms with E-state index in [1.54, 1.807) is 17.0 Å². The number of carbonyl (C=O) groups is 1. The van der Waals surface area contributed by atoms with Crippen LogP contribution in [0.2, 0.25) is 0 Å². The minimum absolute atomic E-state index is 0.299. The first-order chi connectivity index (χ1) is 12.0. The number of piperazine rings is 1. The fraction of sp³-hybridized carbons (Fsp3) is 0.500. The largest absolute Gasteiger partial charge is 0.444 e. The van der Waals surface area contributed by atoms with Crippen molar-refractivity contribution in [1.82, 2.24) is 4.90 Å². The fourth-order valence-electron chi connectivity index (χ4n) is 2.70. The molecule has 1 heterocycles. The number of rotatable bonds is 3. The van der Waals surface area contributed by atoms with Crippen molar-refractivity contribution in [2.45, 2.75) is 32.1 Å². The Bertz CT molecular complexity index is 817. The van der Waals surface area contributed by atoms with Crippen LogP contribution in [0.3, 0.4) is 0 Å². The molecular formula is C18H23FN2O4S. The number of hydrogen-bond donors (Lipinski definition) is 0. The first kappa shape index (κ1) is 20.0. The molecule has 0 aromatic heterocycles. The zero-order chi connectivity index (χ0) is 19.5. The number of ether oxygens (including phenoxy) is 1. The van der Waals surface area contributed by atoms with Gasteiger partial charge in [0.1, 0.15) is 11.4 Å². The minimum atomic E-state index is -4.64. The Hall–Kier alpha value is -2.27. The number of amides is 1. The highest BCUT2D eigenvalue weighted by atomic mass is 32.3. The van der Waals surface area contributed by atoms with Gasteiger partial charge in [-0.3, -0.25) is 0 Å². The van der Waals surface area contributed by atoms with E-state index in [0.29, 0.717) is 43.0 Å². The van der Waals surface area contributed by atoms with Crippen LogP contribution in [0.4, 0.5) is 14.4 Å². The lowest BCUT2D eigenvalue weighted by Crippen LogP contribution is -2.50. The smallest absolute Gasteiger partial charge is 0.410 e. The van der Waals surface area contributed by atoms with Gasteiger partial charge in [-0.05, 0) is 44.5 Å². The molecule has 0 radical (unpaired) electrons. The highest BCUT2D eigenvalue weighted by molar-refractivity contribution is 7.85. The predicted molar refractivity (Wildman–Crippen MR) is 98.1 cm³/mol. The molecule has 1 aromatic carbocycles. The molecule has 26 heavy (non-hydrogen) atoms. The lowest BCUT2D eigenvalue weighted by atomic mass is 10.1. The Morgan fingerprint density at radius 1 is 1.23 bits per heavy atom. The van der Waals surface area contributed by atoms with E-state index >= 15 is 0 Å². The molecule has 1 aromatic rings. The molecule has 0 N–H and O–H groups in total. The van der Waals surface area contributed by atoms with Gasteiger partial charge >= 0.3 is 16.3 Å². The van der Waals surface area contributed by atoms with Crippen molar-refractivity contribution < 1.29 is 21.8 Å². The maximum Gasteiger partial charge on any atom is 0.410 e. The van der Waals surface area contributed by atoms with Crippen LogP contribution in [0.1, 0.15) is 31.9 Å². The van der Waals surface area contributed by atoms with Gasteiger partial charge in [0.15, 0.2) is 0 Å². The van der Waals surface area contributed by atoms with Crippen LogP contribution in [-0.2, 0) is 20.7 Å². The summed E-state index contributed by atoms with van der Waals surface area (Å²) in [5, 5.41) is 0. The van der Waals surface area contributed by atoms with Crippen LogP contribution in [-0.4, -0.2) is 51.2 Å². The van der Waals surface area contributed by atoms with Crippen LogP contribution in [0.5, 0.6) is 0 Å². The summed E-state index contributed by atoms with van der Waals surface area (Å²) in [4.78, 5) is 15.7. The van der Waals surface area contributed by atoms with Gasteiger partial charge in [0, 0.05) is 37.4 Å². The standard InChI is InChI=1S/C18H23FN2O4S/c1-5-14-10-15(13-26(19,23)24)12-16(11-14)20-6-8-21(9-7-20)17(22)25-18(2,3)4/h1,10-12H,6-9,13H2,2-4H3. The molecule has 8 heteroatoms. The number of hydrogen-bond acceptors (Lipinski definition) is 5. The molecule has 0 bridgehead atoms. The monoisotopic (exact) mass is 382 g/mol. The Labute approximate surface area is 154 Å². The van der Waals surface area contributed by atoms with Gasteiger partial charge in [-0.15, -0.1) is 10.3 Å². The molecule has 1 aliphatic rings. The summed E-state index contributed by atoms with van der Waals surface area (Å²) in [6, 6.07) is 4.84. The van der Waals surface area contributed by atoms with E-state index in [9.17, 15) is 17.1 Å². The number of halogens is 1. The molecule has 0 saturated carbocycles. The Morgan fingerprint density at radius 2 is 1.85 bits per heavy atom. The van der Waals surface area contributed by atoms with Crippen molar-refractivity contribution in [2.24, 2.45) is 0 Å². The van der Waals surface area contributed by atoms with E-state index in [4.69, 9.17) is 11.2 Å². The molecule has 1 amide bonds. The summed E-state index contributed by atoms with van der Waals surface area (Å²) in [6.45, 7) is 7.44. The summed E-state index contributed by atoms with van der Waals surface area (Å²) in [7, 11) is -4.64. The average molecular weight is 382 g/mol. The second kappa shape index (κ2) is 7.54. The second-order valence-electron chi connectivity index (χ2n) is 7.17. The van der Waals surface area contributed by atoms with E-state index in [1.807, 2.05) is 25.7 Å². The molecule has 142 valence electrons. The molecular weight excluding hydrogens is 359 g/mol. The van der Waals surface area contributed by atoms with Crippen molar-refractivity contribution in [2.75, 3.05) is 31.1 Å². The van der Waals surface area contributed by atoms with Gasteiger partial charge in [-0.2, -0.15) is 8.42 Å². The third-order valence-corrected chi connectivity index (χ3v) is 4.46. The summed E-state index contributed by atoms with van der Waals surface area (Å²) in [6.07, 6.45) is 5.06. The highest BCUT2D eigenvalue weighted by Gasteiger charge is 2.26. The molecule has 1 aliphatic heterocycles. The quantitative estimate of drug-likeness (QED) is 0.594. The topological polar surface area (TPSA) is 66.9 Å². The third-order valence-electron chi connectivity index (χ3n) is 3.78. The Balaban J connectivity index is 2.10. The predicted octanol–water partition coefficient (Wildman–Crippen LogP) is 2.52. The van der Waals surface area contributed by atoms with Gasteiger partial charge in [0.05, 0.1) is 0 Å². The molecule has 0 unspecified atom stereocenters. The summed E-state index contributed by atoms with van der Waals surface area (Å²) in [5.41, 5.74) is 0.938. The van der Waals surface area contributed by atoms with Crippen LogP contribution < -0.4 is 4.90 Å². The van der Waals surface area contributed by atoms with Gasteiger partial charge in [0.2, 0.25) is 0 Å². The Morgan fingerprint density at radius 3 is 2.35 bits per heavy atom. The lowest BCUT2D eigenvalue weighted by Gasteiger charge is -2.37. The van der Waals surface area contributed by atoms with Crippen LogP contribution in [0, 0.1) is 12.3 Å². The van der Waals surface area contributed by atoms with Gasteiger partial charge < -0.3 is 14.5 Å². The lowest BCUT2D eigenvalue weighted by molar-refractivity contribution is 0.0240. The highest BCUT2D eigenvalue weighted by Crippen LogP contribution is 2.23. The maximum atomic E-state index is 13.0.